The molecule has 0 fully saturated rings. The zero-order valence-corrected chi connectivity index (χ0v) is 12.4. The second-order valence-corrected chi connectivity index (χ2v) is 6.38. The van der Waals surface area contributed by atoms with Crippen LogP contribution in [0.25, 0.3) is 0 Å². The van der Waals surface area contributed by atoms with Crippen LogP contribution < -0.4 is 4.72 Å². The Morgan fingerprint density at radius 1 is 1.20 bits per heavy atom. The van der Waals surface area contributed by atoms with Crippen molar-refractivity contribution in [1.82, 2.24) is 0 Å². The van der Waals surface area contributed by atoms with Crippen LogP contribution in [0.2, 0.25) is 0 Å². The first-order valence-corrected chi connectivity index (χ1v) is 7.72. The van der Waals surface area contributed by atoms with Gasteiger partial charge in [-0.05, 0) is 46.3 Å². The molecule has 0 aromatic heterocycles. The fraction of sp³-hybridized carbons (Fsp3) is 0. The summed E-state index contributed by atoms with van der Waals surface area (Å²) in [6.07, 6.45) is 0. The van der Waals surface area contributed by atoms with E-state index in [1.165, 1.54) is 42.5 Å². The van der Waals surface area contributed by atoms with E-state index in [9.17, 15) is 13.5 Å². The highest BCUT2D eigenvalue weighted by atomic mass is 79.9. The molecule has 7 heteroatoms. The Balaban J connectivity index is 2.40. The molecule has 0 atom stereocenters. The van der Waals surface area contributed by atoms with Crippen LogP contribution in [0.4, 0.5) is 5.69 Å². The zero-order valence-electron chi connectivity index (χ0n) is 10.0. The third kappa shape index (κ3) is 2.92. The van der Waals surface area contributed by atoms with Gasteiger partial charge in [0.05, 0.1) is 17.3 Å². The predicted octanol–water partition coefficient (Wildman–Crippen LogP) is 2.83. The summed E-state index contributed by atoms with van der Waals surface area (Å²) in [6, 6.07) is 12.1. The molecule has 102 valence electrons. The maximum absolute atomic E-state index is 12.2. The molecule has 0 aliphatic rings. The Hall–Kier alpha value is -2.04. The van der Waals surface area contributed by atoms with Gasteiger partial charge in [-0.1, -0.05) is 12.1 Å². The van der Waals surface area contributed by atoms with Crippen molar-refractivity contribution in [3.8, 4) is 11.8 Å². The number of rotatable bonds is 3. The van der Waals surface area contributed by atoms with Crippen molar-refractivity contribution in [2.24, 2.45) is 0 Å². The van der Waals surface area contributed by atoms with Crippen LogP contribution in [0.5, 0.6) is 5.75 Å². The molecule has 0 saturated carbocycles. The van der Waals surface area contributed by atoms with Gasteiger partial charge < -0.3 is 5.11 Å². The normalized spacial score (nSPS) is 10.8. The molecule has 2 aromatic carbocycles. The van der Waals surface area contributed by atoms with Gasteiger partial charge in [-0.25, -0.2) is 8.42 Å². The Morgan fingerprint density at radius 2 is 1.90 bits per heavy atom. The molecule has 0 amide bonds. The average molecular weight is 353 g/mol. The molecule has 0 bridgehead atoms. The molecule has 0 aliphatic heterocycles. The van der Waals surface area contributed by atoms with E-state index in [1.54, 1.807) is 0 Å². The molecule has 2 rings (SSSR count). The molecule has 0 unspecified atom stereocenters. The van der Waals surface area contributed by atoms with Crippen molar-refractivity contribution in [3.05, 3.63) is 52.5 Å². The molecule has 0 aliphatic carbocycles. The first-order valence-electron chi connectivity index (χ1n) is 5.44. The third-order valence-corrected chi connectivity index (χ3v) is 4.57. The second-order valence-electron chi connectivity index (χ2n) is 3.88. The van der Waals surface area contributed by atoms with Gasteiger partial charge in [0.25, 0.3) is 10.0 Å². The minimum absolute atomic E-state index is 0.212. The fourth-order valence-corrected chi connectivity index (χ4v) is 3.34. The summed E-state index contributed by atoms with van der Waals surface area (Å²) in [6.45, 7) is 0. The lowest BCUT2D eigenvalue weighted by Crippen LogP contribution is -2.13. The smallest absolute Gasteiger partial charge is 0.265 e. The van der Waals surface area contributed by atoms with Crippen LogP contribution in [-0.4, -0.2) is 13.5 Å². The molecule has 20 heavy (non-hydrogen) atoms. The summed E-state index contributed by atoms with van der Waals surface area (Å²) in [7, 11) is -3.90. The van der Waals surface area contributed by atoms with E-state index >= 15 is 0 Å². The topological polar surface area (TPSA) is 90.2 Å². The number of hydrogen-bond acceptors (Lipinski definition) is 4. The van der Waals surface area contributed by atoms with Crippen molar-refractivity contribution < 1.29 is 13.5 Å². The van der Waals surface area contributed by atoms with Gasteiger partial charge in [-0.15, -0.1) is 0 Å². The van der Waals surface area contributed by atoms with Crippen molar-refractivity contribution in [2.45, 2.75) is 4.90 Å². The molecule has 2 N–H and O–H groups in total. The lowest BCUT2D eigenvalue weighted by Gasteiger charge is -2.10. The Labute approximate surface area is 124 Å². The van der Waals surface area contributed by atoms with Gasteiger partial charge in [0, 0.05) is 4.47 Å². The summed E-state index contributed by atoms with van der Waals surface area (Å²) in [5.41, 5.74) is 0.689. The number of sulfonamides is 1. The minimum Gasteiger partial charge on any atom is -0.507 e. The van der Waals surface area contributed by atoms with E-state index in [-0.39, 0.29) is 16.3 Å². The van der Waals surface area contributed by atoms with Crippen LogP contribution in [0.1, 0.15) is 5.56 Å². The summed E-state index contributed by atoms with van der Waals surface area (Å²) >= 11 is 3.19. The summed E-state index contributed by atoms with van der Waals surface area (Å²) < 4.78 is 27.1. The van der Waals surface area contributed by atoms with Gasteiger partial charge in [0.15, 0.2) is 0 Å². The molecule has 0 heterocycles. The quantitative estimate of drug-likeness (QED) is 0.888. The molecule has 5 nitrogen and oxygen atoms in total. The van der Waals surface area contributed by atoms with E-state index in [0.717, 1.165) is 0 Å². The Bertz CT molecular complexity index is 798. The number of hydrogen-bond donors (Lipinski definition) is 2. The van der Waals surface area contributed by atoms with E-state index in [1.807, 2.05) is 6.07 Å². The van der Waals surface area contributed by atoms with Gasteiger partial charge in [-0.3, -0.25) is 4.72 Å². The summed E-state index contributed by atoms with van der Waals surface area (Å²) in [5.74, 6) is -0.329. The van der Waals surface area contributed by atoms with Gasteiger partial charge in [-0.2, -0.15) is 5.26 Å². The number of para-hydroxylation sites is 1. The number of nitriles is 1. The van der Waals surface area contributed by atoms with Crippen molar-refractivity contribution in [2.75, 3.05) is 4.72 Å². The monoisotopic (exact) mass is 352 g/mol. The largest absolute Gasteiger partial charge is 0.507 e. The fourth-order valence-electron chi connectivity index (χ4n) is 1.55. The van der Waals surface area contributed by atoms with Crippen LogP contribution in [0.3, 0.4) is 0 Å². The van der Waals surface area contributed by atoms with Crippen LogP contribution in [-0.2, 0) is 10.0 Å². The zero-order chi connectivity index (χ0) is 14.8. The van der Waals surface area contributed by atoms with Crippen LogP contribution in [0.15, 0.2) is 51.8 Å². The lowest BCUT2D eigenvalue weighted by atomic mass is 10.2. The number of phenols is 1. The Morgan fingerprint density at radius 3 is 2.50 bits per heavy atom. The molecule has 0 radical (unpaired) electrons. The average Bonchev–Trinajstić information content (AvgIpc) is 2.41. The van der Waals surface area contributed by atoms with Gasteiger partial charge in [0.2, 0.25) is 0 Å². The van der Waals surface area contributed by atoms with Gasteiger partial charge >= 0.3 is 0 Å². The predicted molar refractivity (Wildman–Crippen MR) is 77.8 cm³/mol. The molecule has 2 aromatic rings. The first-order chi connectivity index (χ1) is 9.44. The van der Waals surface area contributed by atoms with Crippen LogP contribution in [0, 0.1) is 11.3 Å². The number of benzene rings is 2. The number of aromatic hydroxyl groups is 1. The van der Waals surface area contributed by atoms with E-state index in [0.29, 0.717) is 10.0 Å². The van der Waals surface area contributed by atoms with E-state index < -0.39 is 10.0 Å². The number of anilines is 1. The van der Waals surface area contributed by atoms with Crippen molar-refractivity contribution in [3.63, 3.8) is 0 Å². The highest BCUT2D eigenvalue weighted by molar-refractivity contribution is 9.10. The SMILES string of the molecule is N#Cc1ccc(NS(=O)(=O)c2ccccc2O)c(Br)c1. The summed E-state index contributed by atoms with van der Waals surface area (Å²) in [4.78, 5) is -0.212. The highest BCUT2D eigenvalue weighted by Crippen LogP contribution is 2.28. The van der Waals surface area contributed by atoms with E-state index in [2.05, 4.69) is 20.7 Å². The molecule has 0 saturated heterocycles. The van der Waals surface area contributed by atoms with Crippen molar-refractivity contribution in [1.29, 1.82) is 5.26 Å². The first kappa shape index (κ1) is 14.4. The maximum atomic E-state index is 12.2. The van der Waals surface area contributed by atoms with Gasteiger partial charge in [0.1, 0.15) is 10.6 Å². The van der Waals surface area contributed by atoms with Crippen LogP contribution >= 0.6 is 15.9 Å². The molecular formula is C13H9BrN2O3S. The molecule has 0 spiro atoms. The maximum Gasteiger partial charge on any atom is 0.265 e. The second kappa shape index (κ2) is 5.53. The lowest BCUT2D eigenvalue weighted by molar-refractivity contribution is 0.459. The number of halogens is 1. The van der Waals surface area contributed by atoms with Crippen molar-refractivity contribution >= 4 is 31.6 Å². The third-order valence-electron chi connectivity index (χ3n) is 2.50. The number of nitrogens with one attached hydrogen (secondary N) is 1. The standard InChI is InChI=1S/C13H9BrN2O3S/c14-10-7-9(8-15)5-6-11(10)16-20(18,19)13-4-2-1-3-12(13)17/h1-7,16-17H. The van der Waals surface area contributed by atoms with E-state index in [4.69, 9.17) is 5.26 Å². The number of phenolic OH excluding ortho intramolecular Hbond substituents is 1. The minimum atomic E-state index is -3.90. The number of nitrogens with zero attached hydrogens (tertiary/aromatic N) is 1. The highest BCUT2D eigenvalue weighted by Gasteiger charge is 2.19. The Kier molecular flexibility index (Phi) is 3.97. The summed E-state index contributed by atoms with van der Waals surface area (Å²) in [5, 5.41) is 18.4. The molecular weight excluding hydrogens is 344 g/mol.